The first-order chi connectivity index (χ1) is 10.9. The molecule has 0 amide bonds. The lowest BCUT2D eigenvalue weighted by molar-refractivity contribution is -0.124. The van der Waals surface area contributed by atoms with Crippen LogP contribution >= 0.6 is 0 Å². The Labute approximate surface area is 140 Å². The molecule has 3 aliphatic carbocycles. The van der Waals surface area contributed by atoms with Crippen LogP contribution in [0, 0.1) is 17.3 Å². The van der Waals surface area contributed by atoms with Crippen LogP contribution in [-0.4, -0.2) is 17.0 Å². The quantitative estimate of drug-likeness (QED) is 0.799. The highest BCUT2D eigenvalue weighted by Crippen LogP contribution is 2.57. The van der Waals surface area contributed by atoms with E-state index >= 15 is 0 Å². The van der Waals surface area contributed by atoms with Crippen LogP contribution < -0.4 is 0 Å². The fourth-order valence-electron chi connectivity index (χ4n) is 5.30. The number of hydrogen-bond donors (Lipinski definition) is 1. The van der Waals surface area contributed by atoms with Crippen LogP contribution in [-0.2, 0) is 4.79 Å². The summed E-state index contributed by atoms with van der Waals surface area (Å²) in [6, 6.07) is 0. The van der Waals surface area contributed by atoms with Crippen LogP contribution in [0.1, 0.15) is 65.2 Å². The topological polar surface area (TPSA) is 37.3 Å². The van der Waals surface area contributed by atoms with Gasteiger partial charge in [0, 0.05) is 5.92 Å². The van der Waals surface area contributed by atoms with E-state index in [9.17, 15) is 9.90 Å². The molecule has 0 radical (unpaired) electrons. The van der Waals surface area contributed by atoms with Crippen LogP contribution in [0.4, 0.5) is 0 Å². The maximum atomic E-state index is 12.0. The lowest BCUT2D eigenvalue weighted by Gasteiger charge is -2.41. The lowest BCUT2D eigenvalue weighted by atomic mass is 9.63. The molecule has 2 nitrogen and oxygen atoms in total. The van der Waals surface area contributed by atoms with Gasteiger partial charge in [-0.15, -0.1) is 0 Å². The molecule has 3 aliphatic rings. The van der Waals surface area contributed by atoms with Crippen LogP contribution in [0.25, 0.3) is 0 Å². The molecule has 23 heavy (non-hydrogen) atoms. The van der Waals surface area contributed by atoms with Crippen molar-refractivity contribution in [3.8, 4) is 0 Å². The molecule has 0 heterocycles. The zero-order chi connectivity index (χ0) is 16.6. The molecule has 4 atom stereocenters. The number of aliphatic hydroxyl groups is 1. The maximum Gasteiger partial charge on any atom is 0.133 e. The van der Waals surface area contributed by atoms with Gasteiger partial charge in [0.1, 0.15) is 5.78 Å². The molecule has 0 aliphatic heterocycles. The van der Waals surface area contributed by atoms with Gasteiger partial charge in [0.15, 0.2) is 0 Å². The minimum atomic E-state index is -0.213. The molecular formula is C21H30O2. The molecule has 3 rings (SSSR count). The summed E-state index contributed by atoms with van der Waals surface area (Å²) in [6.45, 7) is 8.26. The number of fused-ring (bicyclic) bond motifs is 1. The molecule has 2 heteroatoms. The van der Waals surface area contributed by atoms with E-state index in [1.165, 1.54) is 29.6 Å². The first-order valence-electron chi connectivity index (χ1n) is 9.18. The molecule has 0 aromatic heterocycles. The Balaban J connectivity index is 1.83. The zero-order valence-corrected chi connectivity index (χ0v) is 14.6. The van der Waals surface area contributed by atoms with Crippen LogP contribution in [0.5, 0.6) is 0 Å². The van der Waals surface area contributed by atoms with Gasteiger partial charge in [-0.25, -0.2) is 0 Å². The predicted molar refractivity (Wildman–Crippen MR) is 94.0 cm³/mol. The van der Waals surface area contributed by atoms with Crippen molar-refractivity contribution in [2.45, 2.75) is 71.3 Å². The van der Waals surface area contributed by atoms with E-state index in [-0.39, 0.29) is 17.4 Å². The van der Waals surface area contributed by atoms with Crippen molar-refractivity contribution in [2.24, 2.45) is 17.3 Å². The highest BCUT2D eigenvalue weighted by Gasteiger charge is 2.50. The van der Waals surface area contributed by atoms with Crippen molar-refractivity contribution in [1.29, 1.82) is 0 Å². The van der Waals surface area contributed by atoms with Gasteiger partial charge in [-0.3, -0.25) is 4.79 Å². The van der Waals surface area contributed by atoms with E-state index in [4.69, 9.17) is 0 Å². The standard InChI is InChI=1S/C21H30O2/c1-14-6-9-18(23)13-17(14)8-7-16-5-4-12-21(3)19(15(2)22)10-11-20(16)21/h7-8,18-20,23H,1,4-6,9-13H2,2-3H3/b16-7+,17-8?/t18-,19+,20-,21+/m0/s1. The Bertz CT molecular complexity index is 568. The summed E-state index contributed by atoms with van der Waals surface area (Å²) in [6.07, 6.45) is 12.5. The Morgan fingerprint density at radius 3 is 2.78 bits per heavy atom. The Kier molecular flexibility index (Phi) is 4.64. The van der Waals surface area contributed by atoms with Crippen molar-refractivity contribution in [3.05, 3.63) is 35.5 Å². The van der Waals surface area contributed by atoms with Gasteiger partial charge in [0.25, 0.3) is 0 Å². The Hall–Kier alpha value is -1.15. The lowest BCUT2D eigenvalue weighted by Crippen LogP contribution is -2.36. The molecule has 3 saturated carbocycles. The van der Waals surface area contributed by atoms with E-state index in [1.54, 1.807) is 6.92 Å². The van der Waals surface area contributed by atoms with Crippen molar-refractivity contribution >= 4 is 5.78 Å². The van der Waals surface area contributed by atoms with Crippen molar-refractivity contribution in [1.82, 2.24) is 0 Å². The normalized spacial score (nSPS) is 41.3. The zero-order valence-electron chi connectivity index (χ0n) is 14.6. The van der Waals surface area contributed by atoms with Crippen LogP contribution in [0.2, 0.25) is 0 Å². The number of carbonyl (C=O) groups excluding carboxylic acids is 1. The third kappa shape index (κ3) is 3.10. The first-order valence-corrected chi connectivity index (χ1v) is 9.18. The molecule has 0 aromatic rings. The molecule has 0 saturated heterocycles. The summed E-state index contributed by atoms with van der Waals surface area (Å²) in [5.41, 5.74) is 4.07. The summed E-state index contributed by atoms with van der Waals surface area (Å²) in [4.78, 5) is 12.0. The number of hydrogen-bond acceptors (Lipinski definition) is 2. The summed E-state index contributed by atoms with van der Waals surface area (Å²) >= 11 is 0. The van der Waals surface area contributed by atoms with Crippen molar-refractivity contribution in [2.75, 3.05) is 0 Å². The van der Waals surface area contributed by atoms with Crippen LogP contribution in [0.3, 0.4) is 0 Å². The van der Waals surface area contributed by atoms with Crippen molar-refractivity contribution < 1.29 is 9.90 Å². The van der Waals surface area contributed by atoms with Gasteiger partial charge in [-0.1, -0.05) is 36.8 Å². The Morgan fingerprint density at radius 1 is 1.26 bits per heavy atom. The average Bonchev–Trinajstić information content (AvgIpc) is 2.86. The molecule has 0 bridgehead atoms. The third-order valence-electron chi connectivity index (χ3n) is 6.64. The highest BCUT2D eigenvalue weighted by molar-refractivity contribution is 5.79. The number of allylic oxidation sites excluding steroid dienone is 4. The summed E-state index contributed by atoms with van der Waals surface area (Å²) in [5, 5.41) is 9.88. The maximum absolute atomic E-state index is 12.0. The molecule has 0 aromatic carbocycles. The number of rotatable bonds is 2. The number of carbonyl (C=O) groups is 1. The second-order valence-electron chi connectivity index (χ2n) is 8.09. The smallest absolute Gasteiger partial charge is 0.133 e. The van der Waals surface area contributed by atoms with Gasteiger partial charge >= 0.3 is 0 Å². The second kappa shape index (κ2) is 6.39. The van der Waals surface area contributed by atoms with Gasteiger partial charge in [0.2, 0.25) is 0 Å². The van der Waals surface area contributed by atoms with Crippen molar-refractivity contribution in [3.63, 3.8) is 0 Å². The molecule has 0 spiro atoms. The minimum Gasteiger partial charge on any atom is -0.393 e. The second-order valence-corrected chi connectivity index (χ2v) is 8.09. The number of aliphatic hydroxyl groups excluding tert-OH is 1. The van der Waals surface area contributed by atoms with Gasteiger partial charge in [-0.05, 0) is 75.2 Å². The van der Waals surface area contributed by atoms with Gasteiger partial charge in [-0.2, -0.15) is 0 Å². The average molecular weight is 314 g/mol. The molecular weight excluding hydrogens is 284 g/mol. The summed E-state index contributed by atoms with van der Waals surface area (Å²) in [7, 11) is 0. The number of ketones is 1. The van der Waals surface area contributed by atoms with E-state index in [0.29, 0.717) is 11.7 Å². The molecule has 126 valence electrons. The third-order valence-corrected chi connectivity index (χ3v) is 6.64. The van der Waals surface area contributed by atoms with E-state index in [1.807, 2.05) is 0 Å². The van der Waals surface area contributed by atoms with E-state index in [2.05, 4.69) is 25.7 Å². The Morgan fingerprint density at radius 2 is 2.04 bits per heavy atom. The monoisotopic (exact) mass is 314 g/mol. The van der Waals surface area contributed by atoms with Crippen LogP contribution in [0.15, 0.2) is 35.5 Å². The van der Waals surface area contributed by atoms with E-state index < -0.39 is 0 Å². The van der Waals surface area contributed by atoms with E-state index in [0.717, 1.165) is 38.5 Å². The van der Waals surface area contributed by atoms with Gasteiger partial charge < -0.3 is 5.11 Å². The highest BCUT2D eigenvalue weighted by atomic mass is 16.3. The molecule has 1 N–H and O–H groups in total. The fraction of sp³-hybridized carbons (Fsp3) is 0.667. The summed E-state index contributed by atoms with van der Waals surface area (Å²) in [5.74, 6) is 1.18. The summed E-state index contributed by atoms with van der Waals surface area (Å²) < 4.78 is 0. The molecule has 0 unspecified atom stereocenters. The molecule has 3 fully saturated rings. The first kappa shape index (κ1) is 16.7. The minimum absolute atomic E-state index is 0.164. The predicted octanol–water partition coefficient (Wildman–Crippen LogP) is 4.75. The SMILES string of the molecule is C=C1CC[C@H](O)CC1=C/C=C1\CCC[C@]2(C)[C@@H](C(C)=O)CC[C@@H]12. The van der Waals surface area contributed by atoms with Gasteiger partial charge in [0.05, 0.1) is 6.10 Å². The number of Topliss-reactive ketones (excluding diaryl/α,β-unsaturated/α-hetero) is 1. The largest absolute Gasteiger partial charge is 0.393 e. The fourth-order valence-corrected chi connectivity index (χ4v) is 5.30.